The van der Waals surface area contributed by atoms with Gasteiger partial charge in [0.1, 0.15) is 0 Å². The summed E-state index contributed by atoms with van der Waals surface area (Å²) in [6, 6.07) is 16.8. The maximum atomic E-state index is 11.9. The van der Waals surface area contributed by atoms with Crippen molar-refractivity contribution >= 4 is 5.91 Å². The van der Waals surface area contributed by atoms with Gasteiger partial charge in [-0.05, 0) is 23.6 Å². The zero-order valence-corrected chi connectivity index (χ0v) is 12.2. The van der Waals surface area contributed by atoms with E-state index in [4.69, 9.17) is 5.73 Å². The molecule has 1 amide bonds. The molecule has 1 aliphatic rings. The van der Waals surface area contributed by atoms with E-state index < -0.39 is 0 Å². The maximum absolute atomic E-state index is 11.9. The minimum Gasteiger partial charge on any atom is -0.345 e. The average Bonchev–Trinajstić information content (AvgIpc) is 2.86. The molecule has 0 unspecified atom stereocenters. The Morgan fingerprint density at radius 3 is 2.38 bits per heavy atom. The third kappa shape index (κ3) is 2.57. The predicted octanol–water partition coefficient (Wildman–Crippen LogP) is 2.06. The second-order valence-corrected chi connectivity index (χ2v) is 5.83. The van der Waals surface area contributed by atoms with Crippen LogP contribution in [0, 0.1) is 6.92 Å². The van der Waals surface area contributed by atoms with Crippen LogP contribution in [-0.4, -0.2) is 12.5 Å². The summed E-state index contributed by atoms with van der Waals surface area (Å²) in [7, 11) is 0. The molecule has 0 saturated carbocycles. The van der Waals surface area contributed by atoms with E-state index in [2.05, 4.69) is 54.7 Å². The Morgan fingerprint density at radius 1 is 1.14 bits per heavy atom. The molecule has 3 rings (SSSR count). The fourth-order valence-electron chi connectivity index (χ4n) is 3.24. The quantitative estimate of drug-likeness (QED) is 0.904. The highest BCUT2D eigenvalue weighted by Gasteiger charge is 2.39. The first-order valence-corrected chi connectivity index (χ1v) is 7.28. The van der Waals surface area contributed by atoms with Gasteiger partial charge in [0, 0.05) is 12.8 Å². The fraction of sp³-hybridized carbons (Fsp3) is 0.278. The Balaban J connectivity index is 2.04. The topological polar surface area (TPSA) is 55.1 Å². The van der Waals surface area contributed by atoms with Crippen molar-refractivity contribution in [3.8, 4) is 0 Å². The Hall–Kier alpha value is -2.13. The van der Waals surface area contributed by atoms with Crippen molar-refractivity contribution in [1.82, 2.24) is 5.32 Å². The SMILES string of the molecule is Cc1cccc(C2(NC(=O)CN)Cc3ccccc3C2)c1. The summed E-state index contributed by atoms with van der Waals surface area (Å²) in [5.41, 5.74) is 10.1. The number of aryl methyl sites for hydroxylation is 1. The van der Waals surface area contributed by atoms with E-state index in [1.807, 2.05) is 6.07 Å². The van der Waals surface area contributed by atoms with E-state index >= 15 is 0 Å². The van der Waals surface area contributed by atoms with Crippen molar-refractivity contribution in [2.45, 2.75) is 25.3 Å². The second kappa shape index (κ2) is 5.34. The van der Waals surface area contributed by atoms with Crippen LogP contribution < -0.4 is 11.1 Å². The number of hydrogen-bond donors (Lipinski definition) is 2. The molecular weight excluding hydrogens is 260 g/mol. The molecule has 0 bridgehead atoms. The summed E-state index contributed by atoms with van der Waals surface area (Å²) >= 11 is 0. The Labute approximate surface area is 125 Å². The van der Waals surface area contributed by atoms with Crippen LogP contribution in [0.3, 0.4) is 0 Å². The number of amides is 1. The van der Waals surface area contributed by atoms with Crippen molar-refractivity contribution in [3.05, 3.63) is 70.8 Å². The van der Waals surface area contributed by atoms with Gasteiger partial charge in [-0.3, -0.25) is 4.79 Å². The Bertz CT molecular complexity index is 653. The average molecular weight is 280 g/mol. The molecule has 0 heterocycles. The number of rotatable bonds is 3. The van der Waals surface area contributed by atoms with Gasteiger partial charge in [-0.2, -0.15) is 0 Å². The fourth-order valence-corrected chi connectivity index (χ4v) is 3.24. The van der Waals surface area contributed by atoms with Crippen LogP contribution in [0.4, 0.5) is 0 Å². The number of carbonyl (C=O) groups is 1. The smallest absolute Gasteiger partial charge is 0.234 e. The van der Waals surface area contributed by atoms with Crippen molar-refractivity contribution in [1.29, 1.82) is 0 Å². The first-order chi connectivity index (χ1) is 10.1. The van der Waals surface area contributed by atoms with Gasteiger partial charge in [0.15, 0.2) is 0 Å². The number of carbonyl (C=O) groups excluding carboxylic acids is 1. The highest BCUT2D eigenvalue weighted by Crippen LogP contribution is 2.38. The molecule has 0 fully saturated rings. The van der Waals surface area contributed by atoms with Crippen molar-refractivity contribution in [2.75, 3.05) is 6.54 Å². The number of fused-ring (bicyclic) bond motifs is 1. The highest BCUT2D eigenvalue weighted by atomic mass is 16.2. The number of hydrogen-bond acceptors (Lipinski definition) is 2. The summed E-state index contributed by atoms with van der Waals surface area (Å²) in [6.45, 7) is 2.09. The molecule has 108 valence electrons. The normalized spacial score (nSPS) is 15.5. The lowest BCUT2D eigenvalue weighted by Crippen LogP contribution is -2.48. The van der Waals surface area contributed by atoms with E-state index in [0.29, 0.717) is 0 Å². The van der Waals surface area contributed by atoms with E-state index in [0.717, 1.165) is 18.4 Å². The van der Waals surface area contributed by atoms with Crippen LogP contribution in [0.25, 0.3) is 0 Å². The van der Waals surface area contributed by atoms with Crippen molar-refractivity contribution in [3.63, 3.8) is 0 Å². The molecule has 3 heteroatoms. The van der Waals surface area contributed by atoms with Gasteiger partial charge in [0.2, 0.25) is 5.91 Å². The molecule has 0 aromatic heterocycles. The zero-order valence-electron chi connectivity index (χ0n) is 12.2. The molecule has 3 nitrogen and oxygen atoms in total. The van der Waals surface area contributed by atoms with Gasteiger partial charge >= 0.3 is 0 Å². The standard InChI is InChI=1S/C18H20N2O/c1-13-5-4-8-16(9-13)18(20-17(21)12-19)10-14-6-2-3-7-15(14)11-18/h2-9H,10-12,19H2,1H3,(H,20,21). The third-order valence-corrected chi connectivity index (χ3v) is 4.24. The monoisotopic (exact) mass is 280 g/mol. The summed E-state index contributed by atoms with van der Waals surface area (Å²) in [5.74, 6) is -0.107. The van der Waals surface area contributed by atoms with Crippen LogP contribution in [0.2, 0.25) is 0 Å². The number of nitrogens with two attached hydrogens (primary N) is 1. The summed E-state index contributed by atoms with van der Waals surface area (Å²) < 4.78 is 0. The van der Waals surface area contributed by atoms with Crippen LogP contribution in [0.15, 0.2) is 48.5 Å². The minimum absolute atomic E-state index is 0.0178. The summed E-state index contributed by atoms with van der Waals surface area (Å²) in [5, 5.41) is 3.17. The van der Waals surface area contributed by atoms with Crippen LogP contribution in [0.1, 0.15) is 22.3 Å². The molecule has 2 aromatic carbocycles. The summed E-state index contributed by atoms with van der Waals surface area (Å²) in [6.07, 6.45) is 1.64. The largest absolute Gasteiger partial charge is 0.345 e. The molecule has 3 N–H and O–H groups in total. The molecule has 0 aliphatic heterocycles. The maximum Gasteiger partial charge on any atom is 0.234 e. The lowest BCUT2D eigenvalue weighted by atomic mass is 9.86. The van der Waals surface area contributed by atoms with E-state index in [1.54, 1.807) is 0 Å². The van der Waals surface area contributed by atoms with Crippen molar-refractivity contribution in [2.24, 2.45) is 5.73 Å². The zero-order chi connectivity index (χ0) is 14.9. The molecule has 0 radical (unpaired) electrons. The number of benzene rings is 2. The molecular formula is C18H20N2O. The van der Waals surface area contributed by atoms with Crippen molar-refractivity contribution < 1.29 is 4.79 Å². The third-order valence-electron chi connectivity index (χ3n) is 4.24. The molecule has 0 atom stereocenters. The van der Waals surface area contributed by atoms with Gasteiger partial charge in [0.25, 0.3) is 0 Å². The first kappa shape index (κ1) is 13.8. The summed E-state index contributed by atoms with van der Waals surface area (Å²) in [4.78, 5) is 11.9. The molecule has 1 aliphatic carbocycles. The second-order valence-electron chi connectivity index (χ2n) is 5.83. The van der Waals surface area contributed by atoms with E-state index in [1.165, 1.54) is 16.7 Å². The van der Waals surface area contributed by atoms with Gasteiger partial charge in [-0.25, -0.2) is 0 Å². The van der Waals surface area contributed by atoms with Gasteiger partial charge in [0.05, 0.1) is 12.1 Å². The van der Waals surface area contributed by atoms with Crippen LogP contribution in [0.5, 0.6) is 0 Å². The van der Waals surface area contributed by atoms with Gasteiger partial charge in [-0.1, -0.05) is 54.1 Å². The molecule has 0 spiro atoms. The molecule has 21 heavy (non-hydrogen) atoms. The Morgan fingerprint density at radius 2 is 1.81 bits per heavy atom. The molecule has 0 saturated heterocycles. The molecule has 2 aromatic rings. The Kier molecular flexibility index (Phi) is 3.52. The van der Waals surface area contributed by atoms with Crippen LogP contribution in [-0.2, 0) is 23.2 Å². The lowest BCUT2D eigenvalue weighted by Gasteiger charge is -2.31. The number of nitrogens with one attached hydrogen (secondary N) is 1. The van der Waals surface area contributed by atoms with Gasteiger partial charge < -0.3 is 11.1 Å². The lowest BCUT2D eigenvalue weighted by molar-refractivity contribution is -0.121. The van der Waals surface area contributed by atoms with E-state index in [-0.39, 0.29) is 18.0 Å². The van der Waals surface area contributed by atoms with Crippen LogP contribution >= 0.6 is 0 Å². The van der Waals surface area contributed by atoms with Gasteiger partial charge in [-0.15, -0.1) is 0 Å². The predicted molar refractivity (Wildman–Crippen MR) is 83.9 cm³/mol. The highest BCUT2D eigenvalue weighted by molar-refractivity contribution is 5.79. The minimum atomic E-state index is -0.369. The first-order valence-electron chi connectivity index (χ1n) is 7.28. The van der Waals surface area contributed by atoms with E-state index in [9.17, 15) is 4.79 Å².